The highest BCUT2D eigenvalue weighted by Crippen LogP contribution is 2.32. The second-order valence-electron chi connectivity index (χ2n) is 5.50. The van der Waals surface area contributed by atoms with Crippen molar-refractivity contribution in [3.63, 3.8) is 0 Å². The molecule has 2 unspecified atom stereocenters. The van der Waals surface area contributed by atoms with Crippen LogP contribution in [-0.4, -0.2) is 35.3 Å². The van der Waals surface area contributed by atoms with E-state index in [1.54, 1.807) is 4.90 Å². The van der Waals surface area contributed by atoms with Gasteiger partial charge in [0.1, 0.15) is 29.4 Å². The number of anilines is 1. The summed E-state index contributed by atoms with van der Waals surface area (Å²) in [6.07, 6.45) is 2.24. The van der Waals surface area contributed by atoms with E-state index in [0.29, 0.717) is 13.0 Å². The number of halogens is 2. The lowest BCUT2D eigenvalue weighted by Gasteiger charge is -2.46. The fourth-order valence-corrected chi connectivity index (χ4v) is 3.18. The van der Waals surface area contributed by atoms with Gasteiger partial charge in [-0.05, 0) is 38.3 Å². The molecule has 0 spiro atoms. The lowest BCUT2D eigenvalue weighted by atomic mass is 9.95. The highest BCUT2D eigenvalue weighted by Gasteiger charge is 2.46. The van der Waals surface area contributed by atoms with Gasteiger partial charge in [-0.3, -0.25) is 14.5 Å². The Morgan fingerprint density at radius 3 is 2.43 bits per heavy atom. The minimum absolute atomic E-state index is 0.248. The van der Waals surface area contributed by atoms with Gasteiger partial charge in [-0.25, -0.2) is 8.78 Å². The molecule has 0 aliphatic carbocycles. The van der Waals surface area contributed by atoms with Crippen molar-refractivity contribution in [1.82, 2.24) is 4.90 Å². The second-order valence-corrected chi connectivity index (χ2v) is 5.50. The van der Waals surface area contributed by atoms with Gasteiger partial charge >= 0.3 is 0 Å². The third-order valence-corrected chi connectivity index (χ3v) is 4.23. The van der Waals surface area contributed by atoms with E-state index in [1.165, 1.54) is 13.0 Å². The van der Waals surface area contributed by atoms with Gasteiger partial charge in [0.2, 0.25) is 5.91 Å². The number of benzene rings is 1. The smallest absolute Gasteiger partial charge is 0.250 e. The van der Waals surface area contributed by atoms with Gasteiger partial charge in [-0.15, -0.1) is 0 Å². The molecule has 0 aromatic heterocycles. The molecule has 4 nitrogen and oxygen atoms in total. The molecular weight excluding hydrogens is 278 g/mol. The summed E-state index contributed by atoms with van der Waals surface area (Å²) in [6, 6.07) is 1.94. The molecule has 0 bridgehead atoms. The Kier molecular flexibility index (Phi) is 3.39. The van der Waals surface area contributed by atoms with Crippen LogP contribution in [0.3, 0.4) is 0 Å². The number of rotatable bonds is 1. The fourth-order valence-electron chi connectivity index (χ4n) is 3.18. The number of carbonyl (C=O) groups excluding carboxylic acids is 2. The van der Waals surface area contributed by atoms with Crippen LogP contribution in [0.15, 0.2) is 18.2 Å². The molecule has 3 rings (SSSR count). The molecule has 1 aromatic carbocycles. The molecule has 2 atom stereocenters. The summed E-state index contributed by atoms with van der Waals surface area (Å²) in [5.41, 5.74) is -0.423. The Hall–Kier alpha value is -1.98. The van der Waals surface area contributed by atoms with Crippen molar-refractivity contribution >= 4 is 17.5 Å². The van der Waals surface area contributed by atoms with Crippen LogP contribution in [0.25, 0.3) is 0 Å². The molecule has 1 aromatic rings. The number of fused-ring (bicyclic) bond motifs is 1. The van der Waals surface area contributed by atoms with Gasteiger partial charge in [0.05, 0.1) is 0 Å². The molecule has 2 amide bonds. The molecule has 2 heterocycles. The lowest BCUT2D eigenvalue weighted by Crippen LogP contribution is -2.65. The molecule has 2 aliphatic rings. The summed E-state index contributed by atoms with van der Waals surface area (Å²) in [6.45, 7) is 2.05. The molecule has 0 radical (unpaired) electrons. The summed E-state index contributed by atoms with van der Waals surface area (Å²) in [7, 11) is 0. The van der Waals surface area contributed by atoms with E-state index < -0.39 is 35.3 Å². The molecule has 21 heavy (non-hydrogen) atoms. The zero-order valence-electron chi connectivity index (χ0n) is 11.7. The lowest BCUT2D eigenvalue weighted by molar-refractivity contribution is -0.147. The zero-order chi connectivity index (χ0) is 15.1. The third kappa shape index (κ3) is 2.09. The van der Waals surface area contributed by atoms with Crippen molar-refractivity contribution in [2.45, 2.75) is 38.3 Å². The Balaban J connectivity index is 2.05. The zero-order valence-corrected chi connectivity index (χ0v) is 11.7. The average Bonchev–Trinajstić information content (AvgIpc) is 2.48. The van der Waals surface area contributed by atoms with Crippen molar-refractivity contribution in [3.05, 3.63) is 29.8 Å². The summed E-state index contributed by atoms with van der Waals surface area (Å²) in [4.78, 5) is 27.6. The molecule has 2 fully saturated rings. The minimum Gasteiger partial charge on any atom is -0.329 e. The number of para-hydroxylation sites is 1. The van der Waals surface area contributed by atoms with Gasteiger partial charge in [-0.2, -0.15) is 0 Å². The van der Waals surface area contributed by atoms with Crippen molar-refractivity contribution < 1.29 is 18.4 Å². The Morgan fingerprint density at radius 1 is 1.10 bits per heavy atom. The van der Waals surface area contributed by atoms with Crippen LogP contribution < -0.4 is 4.90 Å². The van der Waals surface area contributed by atoms with E-state index in [0.717, 1.165) is 29.9 Å². The minimum atomic E-state index is -0.891. The van der Waals surface area contributed by atoms with E-state index in [1.807, 2.05) is 0 Å². The monoisotopic (exact) mass is 294 g/mol. The van der Waals surface area contributed by atoms with Crippen LogP contribution in [0.5, 0.6) is 0 Å². The second kappa shape index (κ2) is 5.09. The van der Waals surface area contributed by atoms with Crippen molar-refractivity contribution in [2.75, 3.05) is 11.4 Å². The van der Waals surface area contributed by atoms with E-state index in [4.69, 9.17) is 0 Å². The van der Waals surface area contributed by atoms with Crippen molar-refractivity contribution in [2.24, 2.45) is 0 Å². The number of carbonyl (C=O) groups is 2. The number of piperidine rings is 1. The van der Waals surface area contributed by atoms with Gasteiger partial charge in [0, 0.05) is 6.54 Å². The predicted octanol–water partition coefficient (Wildman–Crippen LogP) is 2.08. The molecule has 0 N–H and O–H groups in total. The van der Waals surface area contributed by atoms with Crippen molar-refractivity contribution in [1.29, 1.82) is 0 Å². The maximum absolute atomic E-state index is 14.0. The first-order valence-electron chi connectivity index (χ1n) is 7.10. The van der Waals surface area contributed by atoms with Gasteiger partial charge in [0.15, 0.2) is 0 Å². The molecule has 2 aliphatic heterocycles. The van der Waals surface area contributed by atoms with Crippen LogP contribution >= 0.6 is 0 Å². The normalized spacial score (nSPS) is 26.0. The highest BCUT2D eigenvalue weighted by atomic mass is 19.1. The molecule has 2 saturated heterocycles. The Labute approximate surface area is 121 Å². The van der Waals surface area contributed by atoms with Crippen LogP contribution in [0, 0.1) is 11.6 Å². The third-order valence-electron chi connectivity index (χ3n) is 4.23. The fraction of sp³-hybridized carbons (Fsp3) is 0.467. The Bertz CT molecular complexity index is 585. The first-order chi connectivity index (χ1) is 10.0. The molecule has 112 valence electrons. The standard InChI is InChI=1S/C15H16F2N2O2/c1-9-14(20)18-8-3-2-7-12(18)15(21)19(9)13-10(16)5-4-6-11(13)17/h4-6,9,12H,2-3,7-8H2,1H3. The molecule has 0 saturated carbocycles. The first-order valence-corrected chi connectivity index (χ1v) is 7.10. The number of amides is 2. The largest absolute Gasteiger partial charge is 0.329 e. The average molecular weight is 294 g/mol. The summed E-state index contributed by atoms with van der Waals surface area (Å²) in [5.74, 6) is -2.30. The summed E-state index contributed by atoms with van der Waals surface area (Å²) >= 11 is 0. The van der Waals surface area contributed by atoms with Crippen LogP contribution in [0.2, 0.25) is 0 Å². The maximum Gasteiger partial charge on any atom is 0.250 e. The molecular formula is C15H16F2N2O2. The van der Waals surface area contributed by atoms with Crippen LogP contribution in [-0.2, 0) is 9.59 Å². The number of nitrogens with zero attached hydrogens (tertiary/aromatic N) is 2. The highest BCUT2D eigenvalue weighted by molar-refractivity contribution is 6.08. The topological polar surface area (TPSA) is 40.6 Å². The summed E-state index contributed by atoms with van der Waals surface area (Å²) < 4.78 is 27.9. The maximum atomic E-state index is 14.0. The van der Waals surface area contributed by atoms with Gasteiger partial charge < -0.3 is 4.90 Å². The van der Waals surface area contributed by atoms with Crippen LogP contribution in [0.1, 0.15) is 26.2 Å². The Morgan fingerprint density at radius 2 is 1.76 bits per heavy atom. The van der Waals surface area contributed by atoms with Gasteiger partial charge in [-0.1, -0.05) is 6.07 Å². The predicted molar refractivity (Wildman–Crippen MR) is 72.7 cm³/mol. The van der Waals surface area contributed by atoms with Crippen molar-refractivity contribution in [3.8, 4) is 0 Å². The SMILES string of the molecule is CC1C(=O)N2CCCCC2C(=O)N1c1c(F)cccc1F. The van der Waals surface area contributed by atoms with E-state index in [9.17, 15) is 18.4 Å². The van der Waals surface area contributed by atoms with E-state index in [-0.39, 0.29) is 5.91 Å². The quantitative estimate of drug-likeness (QED) is 0.795. The van der Waals surface area contributed by atoms with Crippen LogP contribution in [0.4, 0.5) is 14.5 Å². The summed E-state index contributed by atoms with van der Waals surface area (Å²) in [5, 5.41) is 0. The molecule has 6 heteroatoms. The van der Waals surface area contributed by atoms with E-state index >= 15 is 0 Å². The van der Waals surface area contributed by atoms with E-state index in [2.05, 4.69) is 0 Å². The first kappa shape index (κ1) is 14.0. The number of piperazine rings is 1. The number of hydrogen-bond donors (Lipinski definition) is 0. The van der Waals surface area contributed by atoms with Gasteiger partial charge in [0.25, 0.3) is 5.91 Å². The number of hydrogen-bond acceptors (Lipinski definition) is 2.